The lowest BCUT2D eigenvalue weighted by molar-refractivity contribution is 0.104. The molecule has 3 heterocycles. The smallest absolute Gasteiger partial charge is 0.414 e. The van der Waals surface area contributed by atoms with Gasteiger partial charge in [-0.2, -0.15) is 5.10 Å². The van der Waals surface area contributed by atoms with E-state index in [1.165, 1.54) is 11.0 Å². The number of cyclic esters (lactones) is 1. The van der Waals surface area contributed by atoms with E-state index in [-0.39, 0.29) is 5.78 Å². The molecule has 7 nitrogen and oxygen atoms in total. The first-order valence-corrected chi connectivity index (χ1v) is 10.5. The van der Waals surface area contributed by atoms with Gasteiger partial charge in [0.1, 0.15) is 12.3 Å². The van der Waals surface area contributed by atoms with Gasteiger partial charge in [-0.25, -0.2) is 9.48 Å². The van der Waals surface area contributed by atoms with E-state index in [4.69, 9.17) is 9.84 Å². The van der Waals surface area contributed by atoms with Crippen LogP contribution in [-0.2, 0) is 4.74 Å². The molecular formula is C26H20N4O3. The molecule has 1 fully saturated rings. The molecule has 4 aromatic rings. The first-order chi connectivity index (χ1) is 16.2. The molecule has 0 atom stereocenters. The summed E-state index contributed by atoms with van der Waals surface area (Å²) in [6.07, 6.45) is 8.21. The normalized spacial score (nSPS) is 13.5. The van der Waals surface area contributed by atoms with E-state index in [0.29, 0.717) is 24.4 Å². The van der Waals surface area contributed by atoms with Gasteiger partial charge in [0.25, 0.3) is 0 Å². The first-order valence-electron chi connectivity index (χ1n) is 10.5. The van der Waals surface area contributed by atoms with Gasteiger partial charge in [0, 0.05) is 41.0 Å². The van der Waals surface area contributed by atoms with Crippen molar-refractivity contribution < 1.29 is 14.3 Å². The third kappa shape index (κ3) is 4.29. The van der Waals surface area contributed by atoms with Crippen molar-refractivity contribution in [3.63, 3.8) is 0 Å². The summed E-state index contributed by atoms with van der Waals surface area (Å²) in [5, 5.41) is 4.74. The molecule has 1 aliphatic rings. The summed E-state index contributed by atoms with van der Waals surface area (Å²) >= 11 is 0. The van der Waals surface area contributed by atoms with Crippen LogP contribution in [0.4, 0.5) is 10.5 Å². The Labute approximate surface area is 190 Å². The quantitative estimate of drug-likeness (QED) is 0.321. The molecule has 1 aliphatic heterocycles. The van der Waals surface area contributed by atoms with Gasteiger partial charge in [-0.1, -0.05) is 30.3 Å². The van der Waals surface area contributed by atoms with E-state index in [1.807, 2.05) is 48.7 Å². The minimum Gasteiger partial charge on any atom is -0.447 e. The fourth-order valence-electron chi connectivity index (χ4n) is 3.67. The minimum atomic E-state index is -0.398. The molecule has 33 heavy (non-hydrogen) atoms. The zero-order chi connectivity index (χ0) is 22.6. The summed E-state index contributed by atoms with van der Waals surface area (Å²) in [7, 11) is 0. The van der Waals surface area contributed by atoms with Crippen molar-refractivity contribution in [1.29, 1.82) is 0 Å². The number of hydrogen-bond acceptors (Lipinski definition) is 5. The highest BCUT2D eigenvalue weighted by molar-refractivity contribution is 6.08. The number of rotatable bonds is 6. The molecule has 162 valence electrons. The number of ether oxygens (including phenoxy) is 1. The lowest BCUT2D eigenvalue weighted by Gasteiger charge is -2.13. The highest BCUT2D eigenvalue weighted by Gasteiger charge is 2.23. The first kappa shape index (κ1) is 20.4. The number of carbonyl (C=O) groups is 2. The molecule has 2 aromatic heterocycles. The van der Waals surface area contributed by atoms with Crippen molar-refractivity contribution >= 4 is 23.6 Å². The number of aromatic nitrogens is 3. The van der Waals surface area contributed by atoms with Crippen LogP contribution in [0.5, 0.6) is 0 Å². The molecular weight excluding hydrogens is 416 g/mol. The van der Waals surface area contributed by atoms with Crippen LogP contribution in [0.15, 0.2) is 91.4 Å². The number of benzene rings is 2. The minimum absolute atomic E-state index is 0.169. The van der Waals surface area contributed by atoms with Gasteiger partial charge in [-0.05, 0) is 48.6 Å². The van der Waals surface area contributed by atoms with E-state index in [1.54, 1.807) is 47.4 Å². The molecule has 0 radical (unpaired) electrons. The Balaban J connectivity index is 1.46. The van der Waals surface area contributed by atoms with Crippen LogP contribution in [0.3, 0.4) is 0 Å². The van der Waals surface area contributed by atoms with Crippen LogP contribution in [0.2, 0.25) is 0 Å². The Morgan fingerprint density at radius 3 is 2.52 bits per heavy atom. The van der Waals surface area contributed by atoms with Crippen LogP contribution in [0.25, 0.3) is 23.0 Å². The second kappa shape index (κ2) is 8.92. The maximum atomic E-state index is 12.9. The van der Waals surface area contributed by atoms with Crippen molar-refractivity contribution in [2.75, 3.05) is 18.1 Å². The maximum absolute atomic E-state index is 12.9. The average molecular weight is 436 g/mol. The number of allylic oxidation sites excluding steroid dienone is 1. The number of amides is 1. The zero-order valence-corrected chi connectivity index (χ0v) is 17.7. The highest BCUT2D eigenvalue weighted by atomic mass is 16.6. The van der Waals surface area contributed by atoms with Gasteiger partial charge in [0.2, 0.25) is 0 Å². The molecule has 7 heteroatoms. The molecule has 2 aromatic carbocycles. The fourth-order valence-corrected chi connectivity index (χ4v) is 3.67. The third-order valence-electron chi connectivity index (χ3n) is 5.33. The van der Waals surface area contributed by atoms with E-state index >= 15 is 0 Å². The summed E-state index contributed by atoms with van der Waals surface area (Å²) in [6, 6.07) is 20.5. The molecule has 0 N–H and O–H groups in total. The molecule has 1 amide bonds. The predicted octanol–water partition coefficient (Wildman–Crippen LogP) is 4.79. The van der Waals surface area contributed by atoms with E-state index in [9.17, 15) is 9.59 Å². The monoisotopic (exact) mass is 436 g/mol. The summed E-state index contributed by atoms with van der Waals surface area (Å²) in [5.41, 5.74) is 4.51. The van der Waals surface area contributed by atoms with Gasteiger partial charge >= 0.3 is 6.09 Å². The molecule has 0 unspecified atom stereocenters. The Hall–Kier alpha value is -4.52. The lowest BCUT2D eigenvalue weighted by Crippen LogP contribution is -2.23. The topological polar surface area (TPSA) is 77.3 Å². The largest absolute Gasteiger partial charge is 0.447 e. The Bertz CT molecular complexity index is 1330. The van der Waals surface area contributed by atoms with Crippen LogP contribution < -0.4 is 4.90 Å². The maximum Gasteiger partial charge on any atom is 0.414 e. The van der Waals surface area contributed by atoms with Gasteiger partial charge in [0.05, 0.1) is 12.2 Å². The number of ketones is 1. The summed E-state index contributed by atoms with van der Waals surface area (Å²) in [6.45, 7) is 0.820. The van der Waals surface area contributed by atoms with Crippen molar-refractivity contribution in [2.24, 2.45) is 0 Å². The average Bonchev–Trinajstić information content (AvgIpc) is 3.50. The molecule has 0 spiro atoms. The van der Waals surface area contributed by atoms with Crippen molar-refractivity contribution in [2.45, 2.75) is 0 Å². The number of anilines is 1. The summed E-state index contributed by atoms with van der Waals surface area (Å²) in [4.78, 5) is 30.4. The van der Waals surface area contributed by atoms with Crippen LogP contribution >= 0.6 is 0 Å². The standard InChI is InChI=1S/C26H20N4O3/c31-24(20-5-4-8-23(17-20)29-15-16-33-26(29)32)10-9-21-18-30(22-6-2-1-3-7-22)28-25(21)19-11-13-27-14-12-19/h1-14,17-18H,15-16H2. The number of pyridine rings is 1. The van der Waals surface area contributed by atoms with Crippen LogP contribution in [-0.4, -0.2) is 39.8 Å². The van der Waals surface area contributed by atoms with E-state index in [2.05, 4.69) is 4.98 Å². The van der Waals surface area contributed by atoms with Crippen molar-refractivity contribution in [3.8, 4) is 16.9 Å². The van der Waals surface area contributed by atoms with E-state index in [0.717, 1.165) is 22.5 Å². The van der Waals surface area contributed by atoms with Gasteiger partial charge in [-0.15, -0.1) is 0 Å². The molecule has 1 saturated heterocycles. The molecule has 0 aliphatic carbocycles. The summed E-state index contributed by atoms with van der Waals surface area (Å²) in [5.74, 6) is -0.169. The third-order valence-corrected chi connectivity index (χ3v) is 5.33. The van der Waals surface area contributed by atoms with Crippen molar-refractivity contribution in [1.82, 2.24) is 14.8 Å². The van der Waals surface area contributed by atoms with Crippen LogP contribution in [0, 0.1) is 0 Å². The highest BCUT2D eigenvalue weighted by Crippen LogP contribution is 2.25. The molecule has 0 bridgehead atoms. The SMILES string of the molecule is O=C(C=Cc1cn(-c2ccccc2)nc1-c1ccncc1)c1cccc(N2CCOC2=O)c1. The number of hydrogen-bond donors (Lipinski definition) is 0. The van der Waals surface area contributed by atoms with Gasteiger partial charge in [0.15, 0.2) is 5.78 Å². The van der Waals surface area contributed by atoms with Crippen LogP contribution in [0.1, 0.15) is 15.9 Å². The molecule has 5 rings (SSSR count). The Kier molecular flexibility index (Phi) is 5.51. The van der Waals surface area contributed by atoms with Crippen molar-refractivity contribution in [3.05, 3.63) is 103 Å². The second-order valence-corrected chi connectivity index (χ2v) is 7.46. The number of carbonyl (C=O) groups excluding carboxylic acids is 2. The van der Waals surface area contributed by atoms with Gasteiger partial charge < -0.3 is 4.74 Å². The number of nitrogens with zero attached hydrogens (tertiary/aromatic N) is 4. The second-order valence-electron chi connectivity index (χ2n) is 7.46. The Morgan fingerprint density at radius 2 is 1.76 bits per heavy atom. The molecule has 0 saturated carbocycles. The fraction of sp³-hybridized carbons (Fsp3) is 0.0769. The van der Waals surface area contributed by atoms with E-state index < -0.39 is 6.09 Å². The summed E-state index contributed by atoms with van der Waals surface area (Å²) < 4.78 is 6.79. The van der Waals surface area contributed by atoms with Gasteiger partial charge in [-0.3, -0.25) is 14.7 Å². The lowest BCUT2D eigenvalue weighted by atomic mass is 10.1. The Morgan fingerprint density at radius 1 is 0.970 bits per heavy atom. The zero-order valence-electron chi connectivity index (χ0n) is 17.7. The number of para-hydroxylation sites is 1. The predicted molar refractivity (Wildman–Crippen MR) is 125 cm³/mol.